The number of rotatable bonds is 12. The van der Waals surface area contributed by atoms with Gasteiger partial charge in [-0.1, -0.05) is 72.8 Å². The van der Waals surface area contributed by atoms with Gasteiger partial charge in [0.1, 0.15) is 12.6 Å². The van der Waals surface area contributed by atoms with Gasteiger partial charge in [-0.25, -0.2) is 8.42 Å². The van der Waals surface area contributed by atoms with E-state index in [1.54, 1.807) is 19.1 Å². The van der Waals surface area contributed by atoms with Gasteiger partial charge in [0.05, 0.1) is 11.9 Å². The summed E-state index contributed by atoms with van der Waals surface area (Å²) in [5.41, 5.74) is 2.19. The second kappa shape index (κ2) is 13.0. The molecule has 3 aromatic carbocycles. The average molecular weight is 536 g/mol. The van der Waals surface area contributed by atoms with Crippen molar-refractivity contribution < 1.29 is 22.8 Å². The molecule has 3 rings (SSSR count). The van der Waals surface area contributed by atoms with E-state index in [-0.39, 0.29) is 30.3 Å². The van der Waals surface area contributed by atoms with Gasteiger partial charge in [0.15, 0.2) is 5.78 Å². The summed E-state index contributed by atoms with van der Waals surface area (Å²) < 4.78 is 26.6. The summed E-state index contributed by atoms with van der Waals surface area (Å²) in [5, 5.41) is 2.82. The Bertz CT molecular complexity index is 1360. The Kier molecular flexibility index (Phi) is 9.78. The lowest BCUT2D eigenvalue weighted by molar-refractivity contribution is -0.140. The molecule has 0 heterocycles. The van der Waals surface area contributed by atoms with Crippen molar-refractivity contribution in [2.24, 2.45) is 0 Å². The molecule has 8 nitrogen and oxygen atoms in total. The van der Waals surface area contributed by atoms with Crippen LogP contribution in [0.15, 0.2) is 84.9 Å². The van der Waals surface area contributed by atoms with Crippen molar-refractivity contribution in [2.75, 3.05) is 23.7 Å². The molecule has 2 amide bonds. The van der Waals surface area contributed by atoms with E-state index in [4.69, 9.17) is 0 Å². The molecule has 0 fully saturated rings. The Morgan fingerprint density at radius 2 is 1.47 bits per heavy atom. The van der Waals surface area contributed by atoms with Gasteiger partial charge < -0.3 is 10.2 Å². The predicted octanol–water partition coefficient (Wildman–Crippen LogP) is 3.43. The van der Waals surface area contributed by atoms with Crippen LogP contribution >= 0.6 is 0 Å². The molecule has 0 aliphatic heterocycles. The SMILES string of the molecule is CCNC(=O)[C@H](Cc1ccccc1)N(Cc1ccccc1)C(=O)CN(c1cccc(C(C)=O)c1)S(C)(=O)=O. The molecule has 0 aliphatic rings. The fraction of sp³-hybridized carbons (Fsp3) is 0.276. The average Bonchev–Trinajstić information content (AvgIpc) is 2.89. The summed E-state index contributed by atoms with van der Waals surface area (Å²) >= 11 is 0. The number of ketones is 1. The molecule has 0 unspecified atom stereocenters. The molecule has 3 aromatic rings. The maximum atomic E-state index is 13.9. The van der Waals surface area contributed by atoms with Gasteiger partial charge in [-0.2, -0.15) is 0 Å². The number of carbonyl (C=O) groups excluding carboxylic acids is 3. The van der Waals surface area contributed by atoms with Crippen LogP contribution < -0.4 is 9.62 Å². The number of anilines is 1. The first-order valence-corrected chi connectivity index (χ1v) is 14.2. The van der Waals surface area contributed by atoms with E-state index in [0.717, 1.165) is 21.7 Å². The van der Waals surface area contributed by atoms with Crippen LogP contribution in [-0.2, 0) is 32.6 Å². The van der Waals surface area contributed by atoms with Crippen LogP contribution in [-0.4, -0.2) is 56.3 Å². The van der Waals surface area contributed by atoms with Crippen molar-refractivity contribution in [1.82, 2.24) is 10.2 Å². The molecule has 0 aromatic heterocycles. The van der Waals surface area contributed by atoms with E-state index < -0.39 is 28.5 Å². The number of sulfonamides is 1. The van der Waals surface area contributed by atoms with Gasteiger partial charge in [0.25, 0.3) is 0 Å². The van der Waals surface area contributed by atoms with Crippen molar-refractivity contribution in [1.29, 1.82) is 0 Å². The summed E-state index contributed by atoms with van der Waals surface area (Å²) in [7, 11) is -3.90. The van der Waals surface area contributed by atoms with Gasteiger partial charge in [-0.3, -0.25) is 18.7 Å². The highest BCUT2D eigenvalue weighted by Gasteiger charge is 2.32. The number of nitrogens with one attached hydrogen (secondary N) is 1. The van der Waals surface area contributed by atoms with E-state index in [2.05, 4.69) is 5.32 Å². The second-order valence-corrected chi connectivity index (χ2v) is 10.9. The first-order chi connectivity index (χ1) is 18.1. The van der Waals surface area contributed by atoms with Crippen molar-refractivity contribution in [2.45, 2.75) is 32.9 Å². The Morgan fingerprint density at radius 1 is 0.868 bits per heavy atom. The molecule has 38 heavy (non-hydrogen) atoms. The topological polar surface area (TPSA) is 104 Å². The standard InChI is InChI=1S/C29H33N3O5S/c1-4-30-29(35)27(18-23-12-7-5-8-13-23)31(20-24-14-9-6-10-15-24)28(34)21-32(38(3,36)37)26-17-11-16-25(19-26)22(2)33/h5-17,19,27H,4,18,20-21H2,1-3H3,(H,30,35)/t27-/m0/s1. The third-order valence-electron chi connectivity index (χ3n) is 6.04. The zero-order valence-corrected chi connectivity index (χ0v) is 22.6. The molecule has 0 saturated carbocycles. The van der Waals surface area contributed by atoms with E-state index in [1.807, 2.05) is 60.7 Å². The monoisotopic (exact) mass is 535 g/mol. The Balaban J connectivity index is 2.03. The Morgan fingerprint density at radius 3 is 2.03 bits per heavy atom. The summed E-state index contributed by atoms with van der Waals surface area (Å²) in [4.78, 5) is 40.5. The minimum Gasteiger partial charge on any atom is -0.355 e. The molecule has 200 valence electrons. The fourth-order valence-corrected chi connectivity index (χ4v) is 4.96. The number of likely N-dealkylation sites (N-methyl/N-ethyl adjacent to an activating group) is 1. The van der Waals surface area contributed by atoms with E-state index in [9.17, 15) is 22.8 Å². The van der Waals surface area contributed by atoms with Gasteiger partial charge in [-0.05, 0) is 37.1 Å². The van der Waals surface area contributed by atoms with Crippen LogP contribution in [0.2, 0.25) is 0 Å². The third-order valence-corrected chi connectivity index (χ3v) is 7.18. The lowest BCUT2D eigenvalue weighted by atomic mass is 10.0. The van der Waals surface area contributed by atoms with Crippen molar-refractivity contribution in [3.63, 3.8) is 0 Å². The Labute approximate surface area is 224 Å². The smallest absolute Gasteiger partial charge is 0.244 e. The molecule has 0 saturated heterocycles. The summed E-state index contributed by atoms with van der Waals surface area (Å²) in [6, 6.07) is 23.9. The van der Waals surface area contributed by atoms with Crippen LogP contribution in [0.1, 0.15) is 35.3 Å². The number of hydrogen-bond donors (Lipinski definition) is 1. The van der Waals surface area contributed by atoms with Gasteiger partial charge in [0, 0.05) is 25.1 Å². The second-order valence-electron chi connectivity index (χ2n) is 8.98. The highest BCUT2D eigenvalue weighted by molar-refractivity contribution is 7.92. The molecular weight excluding hydrogens is 502 g/mol. The van der Waals surface area contributed by atoms with Crippen LogP contribution in [0.4, 0.5) is 5.69 Å². The lowest BCUT2D eigenvalue weighted by Gasteiger charge is -2.33. The van der Waals surface area contributed by atoms with Crippen molar-refractivity contribution in [3.8, 4) is 0 Å². The number of hydrogen-bond acceptors (Lipinski definition) is 5. The maximum absolute atomic E-state index is 13.9. The minimum atomic E-state index is -3.90. The first kappa shape index (κ1) is 28.6. The molecule has 0 aliphatic carbocycles. The summed E-state index contributed by atoms with van der Waals surface area (Å²) in [6.07, 6.45) is 1.26. The zero-order chi connectivity index (χ0) is 27.7. The van der Waals surface area contributed by atoms with Crippen LogP contribution in [0.3, 0.4) is 0 Å². The highest BCUT2D eigenvalue weighted by Crippen LogP contribution is 2.22. The van der Waals surface area contributed by atoms with Gasteiger partial charge in [0.2, 0.25) is 21.8 Å². The normalized spacial score (nSPS) is 11.9. The number of nitrogens with zero attached hydrogens (tertiary/aromatic N) is 2. The summed E-state index contributed by atoms with van der Waals surface area (Å²) in [6.45, 7) is 3.15. The molecule has 9 heteroatoms. The molecular formula is C29H33N3O5S. The van der Waals surface area contributed by atoms with Crippen LogP contribution in [0.25, 0.3) is 0 Å². The molecule has 0 radical (unpaired) electrons. The number of amides is 2. The number of benzene rings is 3. The first-order valence-electron chi connectivity index (χ1n) is 12.3. The molecule has 0 bridgehead atoms. The number of carbonyl (C=O) groups is 3. The van der Waals surface area contributed by atoms with Crippen molar-refractivity contribution in [3.05, 3.63) is 102 Å². The van der Waals surface area contributed by atoms with Crippen LogP contribution in [0, 0.1) is 0 Å². The summed E-state index contributed by atoms with van der Waals surface area (Å²) in [5.74, 6) is -1.10. The lowest BCUT2D eigenvalue weighted by Crippen LogP contribution is -2.53. The Hall–Kier alpha value is -3.98. The zero-order valence-electron chi connectivity index (χ0n) is 21.8. The van der Waals surface area contributed by atoms with E-state index >= 15 is 0 Å². The van der Waals surface area contributed by atoms with Gasteiger partial charge in [-0.15, -0.1) is 0 Å². The molecule has 1 N–H and O–H groups in total. The van der Waals surface area contributed by atoms with Crippen LogP contribution in [0.5, 0.6) is 0 Å². The largest absolute Gasteiger partial charge is 0.355 e. The van der Waals surface area contributed by atoms with Gasteiger partial charge >= 0.3 is 0 Å². The molecule has 0 spiro atoms. The minimum absolute atomic E-state index is 0.111. The predicted molar refractivity (Wildman–Crippen MR) is 148 cm³/mol. The molecule has 1 atom stereocenters. The maximum Gasteiger partial charge on any atom is 0.244 e. The van der Waals surface area contributed by atoms with E-state index in [0.29, 0.717) is 12.1 Å². The highest BCUT2D eigenvalue weighted by atomic mass is 32.2. The quantitative estimate of drug-likeness (QED) is 0.358. The van der Waals surface area contributed by atoms with Crippen molar-refractivity contribution >= 4 is 33.3 Å². The fourth-order valence-electron chi connectivity index (χ4n) is 4.12. The number of Topliss-reactive ketones (excluding diaryl/α,β-unsaturated/α-hetero) is 1. The van der Waals surface area contributed by atoms with E-state index in [1.165, 1.54) is 24.0 Å². The third kappa shape index (κ3) is 7.76.